The summed E-state index contributed by atoms with van der Waals surface area (Å²) in [4.78, 5) is 11.5. The number of hydrogen-bond donors (Lipinski definition) is 1. The van der Waals surface area contributed by atoms with Gasteiger partial charge in [0.2, 0.25) is 5.91 Å². The predicted octanol–water partition coefficient (Wildman–Crippen LogP) is 1.80. The number of carbonyl (C=O) groups excluding carboxylic acids is 1. The quantitative estimate of drug-likeness (QED) is 0.588. The zero-order valence-corrected chi connectivity index (χ0v) is 8.48. The molecular weight excluding hydrogens is 150 g/mol. The molecule has 2 nitrogen and oxygen atoms in total. The van der Waals surface area contributed by atoms with Gasteiger partial charge in [-0.1, -0.05) is 27.7 Å². The molecule has 1 N–H and O–H groups in total. The smallest absolute Gasteiger partial charge is 0.225 e. The van der Waals surface area contributed by atoms with E-state index in [1.807, 2.05) is 13.8 Å². The highest BCUT2D eigenvalue weighted by atomic mass is 16.2. The molecular formula is C10H19NO. The number of nitrogens with one attached hydrogen (secondary N) is 1. The minimum absolute atomic E-state index is 0.176. The Morgan fingerprint density at radius 1 is 1.33 bits per heavy atom. The van der Waals surface area contributed by atoms with Gasteiger partial charge in [-0.05, 0) is 18.3 Å². The van der Waals surface area contributed by atoms with Gasteiger partial charge in [-0.25, -0.2) is 0 Å². The fourth-order valence-electron chi connectivity index (χ4n) is 1.79. The van der Waals surface area contributed by atoms with Gasteiger partial charge in [0, 0.05) is 12.0 Å². The lowest BCUT2D eigenvalue weighted by Gasteiger charge is -2.23. The molecule has 2 heteroatoms. The summed E-state index contributed by atoms with van der Waals surface area (Å²) < 4.78 is 0. The van der Waals surface area contributed by atoms with E-state index in [2.05, 4.69) is 19.2 Å². The summed E-state index contributed by atoms with van der Waals surface area (Å²) in [7, 11) is 0. The van der Waals surface area contributed by atoms with Crippen molar-refractivity contribution in [2.24, 2.45) is 17.3 Å². The molecule has 1 heterocycles. The maximum atomic E-state index is 11.5. The van der Waals surface area contributed by atoms with Crippen LogP contribution in [-0.4, -0.2) is 12.5 Å². The van der Waals surface area contributed by atoms with E-state index in [-0.39, 0.29) is 11.3 Å². The molecule has 70 valence electrons. The van der Waals surface area contributed by atoms with Crippen molar-refractivity contribution < 1.29 is 4.79 Å². The van der Waals surface area contributed by atoms with E-state index in [9.17, 15) is 4.79 Å². The first-order valence-electron chi connectivity index (χ1n) is 4.72. The molecule has 1 fully saturated rings. The van der Waals surface area contributed by atoms with Gasteiger partial charge in [0.05, 0.1) is 0 Å². The zero-order valence-electron chi connectivity index (χ0n) is 8.48. The Hall–Kier alpha value is -0.530. The average molecular weight is 169 g/mol. The lowest BCUT2D eigenvalue weighted by Crippen LogP contribution is -2.35. The average Bonchev–Trinajstić information content (AvgIpc) is 2.03. The van der Waals surface area contributed by atoms with Crippen LogP contribution < -0.4 is 5.32 Å². The maximum Gasteiger partial charge on any atom is 0.225 e. The van der Waals surface area contributed by atoms with Crippen molar-refractivity contribution in [3.63, 3.8) is 0 Å². The summed E-state index contributed by atoms with van der Waals surface area (Å²) in [6.45, 7) is 9.32. The number of rotatable bonds is 0. The lowest BCUT2D eigenvalue weighted by atomic mass is 9.80. The van der Waals surface area contributed by atoms with E-state index in [0.717, 1.165) is 13.0 Å². The Morgan fingerprint density at radius 3 is 2.50 bits per heavy atom. The van der Waals surface area contributed by atoms with Crippen LogP contribution in [0.2, 0.25) is 0 Å². The monoisotopic (exact) mass is 169 g/mol. The van der Waals surface area contributed by atoms with Crippen molar-refractivity contribution in [3.05, 3.63) is 0 Å². The summed E-state index contributed by atoms with van der Waals surface area (Å²) in [5.41, 5.74) is -0.176. The molecule has 1 aliphatic heterocycles. The topological polar surface area (TPSA) is 29.1 Å². The largest absolute Gasteiger partial charge is 0.355 e. The molecule has 1 saturated heterocycles. The molecule has 0 bridgehead atoms. The van der Waals surface area contributed by atoms with Crippen LogP contribution in [0.3, 0.4) is 0 Å². The van der Waals surface area contributed by atoms with Crippen LogP contribution in [0, 0.1) is 17.3 Å². The van der Waals surface area contributed by atoms with Crippen LogP contribution in [0.1, 0.15) is 34.1 Å². The van der Waals surface area contributed by atoms with Gasteiger partial charge < -0.3 is 5.32 Å². The van der Waals surface area contributed by atoms with Crippen LogP contribution in [0.25, 0.3) is 0 Å². The third kappa shape index (κ3) is 1.79. The van der Waals surface area contributed by atoms with Crippen molar-refractivity contribution in [1.29, 1.82) is 0 Å². The van der Waals surface area contributed by atoms with Crippen molar-refractivity contribution in [2.75, 3.05) is 6.54 Å². The lowest BCUT2D eigenvalue weighted by molar-refractivity contribution is -0.129. The molecule has 0 saturated carbocycles. The fraction of sp³-hybridized carbons (Fsp3) is 0.900. The van der Waals surface area contributed by atoms with E-state index in [4.69, 9.17) is 0 Å². The van der Waals surface area contributed by atoms with E-state index in [1.165, 1.54) is 0 Å². The Labute approximate surface area is 74.7 Å². The molecule has 1 aliphatic rings. The van der Waals surface area contributed by atoms with Crippen molar-refractivity contribution in [3.8, 4) is 0 Å². The standard InChI is InChI=1S/C10H19NO/c1-7-5-10(3,4)9(12)11-6-8(7)2/h7-8H,5-6H2,1-4H3,(H,11,12). The Kier molecular flexibility index (Phi) is 2.45. The minimum Gasteiger partial charge on any atom is -0.355 e. The second-order valence-electron chi connectivity index (χ2n) is 4.75. The van der Waals surface area contributed by atoms with Gasteiger partial charge in [-0.2, -0.15) is 0 Å². The van der Waals surface area contributed by atoms with E-state index in [0.29, 0.717) is 11.8 Å². The van der Waals surface area contributed by atoms with Crippen LogP contribution in [-0.2, 0) is 4.79 Å². The first-order valence-corrected chi connectivity index (χ1v) is 4.72. The highest BCUT2D eigenvalue weighted by Crippen LogP contribution is 2.31. The highest BCUT2D eigenvalue weighted by molar-refractivity contribution is 5.82. The number of amides is 1. The molecule has 2 unspecified atom stereocenters. The first-order chi connectivity index (χ1) is 5.43. The SMILES string of the molecule is CC1CNC(=O)C(C)(C)CC1C. The fourth-order valence-corrected chi connectivity index (χ4v) is 1.79. The Balaban J connectivity index is 2.75. The van der Waals surface area contributed by atoms with Gasteiger partial charge in [0.1, 0.15) is 0 Å². The molecule has 0 aliphatic carbocycles. The minimum atomic E-state index is -0.176. The molecule has 0 aromatic heterocycles. The van der Waals surface area contributed by atoms with E-state index < -0.39 is 0 Å². The summed E-state index contributed by atoms with van der Waals surface area (Å²) >= 11 is 0. The van der Waals surface area contributed by atoms with Gasteiger partial charge in [0.25, 0.3) is 0 Å². The maximum absolute atomic E-state index is 11.5. The molecule has 12 heavy (non-hydrogen) atoms. The third-order valence-electron chi connectivity index (χ3n) is 3.00. The normalized spacial score (nSPS) is 35.5. The van der Waals surface area contributed by atoms with Crippen molar-refractivity contribution >= 4 is 5.91 Å². The van der Waals surface area contributed by atoms with Crippen molar-refractivity contribution in [1.82, 2.24) is 5.32 Å². The van der Waals surface area contributed by atoms with Gasteiger partial charge in [0.15, 0.2) is 0 Å². The Bertz CT molecular complexity index is 186. The van der Waals surface area contributed by atoms with Crippen LogP contribution in [0.4, 0.5) is 0 Å². The van der Waals surface area contributed by atoms with Crippen LogP contribution >= 0.6 is 0 Å². The second-order valence-corrected chi connectivity index (χ2v) is 4.75. The van der Waals surface area contributed by atoms with Gasteiger partial charge >= 0.3 is 0 Å². The predicted molar refractivity (Wildman–Crippen MR) is 49.7 cm³/mol. The Morgan fingerprint density at radius 2 is 1.92 bits per heavy atom. The number of carbonyl (C=O) groups is 1. The van der Waals surface area contributed by atoms with Crippen LogP contribution in [0.15, 0.2) is 0 Å². The second kappa shape index (κ2) is 3.08. The summed E-state index contributed by atoms with van der Waals surface area (Å²) in [6, 6.07) is 0. The highest BCUT2D eigenvalue weighted by Gasteiger charge is 2.34. The zero-order chi connectivity index (χ0) is 9.35. The van der Waals surface area contributed by atoms with E-state index in [1.54, 1.807) is 0 Å². The molecule has 0 spiro atoms. The molecule has 0 aromatic rings. The summed E-state index contributed by atoms with van der Waals surface area (Å²) in [5, 5.41) is 2.98. The molecule has 0 radical (unpaired) electrons. The van der Waals surface area contributed by atoms with Crippen LogP contribution in [0.5, 0.6) is 0 Å². The number of hydrogen-bond acceptors (Lipinski definition) is 1. The van der Waals surface area contributed by atoms with Crippen molar-refractivity contribution in [2.45, 2.75) is 34.1 Å². The summed E-state index contributed by atoms with van der Waals surface area (Å²) in [5.74, 6) is 1.45. The molecule has 1 amide bonds. The van der Waals surface area contributed by atoms with Gasteiger partial charge in [-0.15, -0.1) is 0 Å². The van der Waals surface area contributed by atoms with Gasteiger partial charge in [-0.3, -0.25) is 4.79 Å². The van der Waals surface area contributed by atoms with E-state index >= 15 is 0 Å². The third-order valence-corrected chi connectivity index (χ3v) is 3.00. The molecule has 1 rings (SSSR count). The summed E-state index contributed by atoms with van der Waals surface area (Å²) in [6.07, 6.45) is 1.00. The molecule has 0 aromatic carbocycles. The first kappa shape index (κ1) is 9.56. The molecule has 2 atom stereocenters.